The summed E-state index contributed by atoms with van der Waals surface area (Å²) in [5.74, 6) is -1.63. The molecule has 0 aromatic heterocycles. The van der Waals surface area contributed by atoms with E-state index in [2.05, 4.69) is 0 Å². The molecule has 1 rings (SSSR count). The fourth-order valence-corrected chi connectivity index (χ4v) is 3.39. The van der Waals surface area contributed by atoms with Crippen LogP contribution < -0.4 is 5.30 Å². The van der Waals surface area contributed by atoms with Crippen LogP contribution >= 0.6 is 15.6 Å². The van der Waals surface area contributed by atoms with Gasteiger partial charge in [-0.05, 0) is 28.7 Å². The van der Waals surface area contributed by atoms with Gasteiger partial charge in [0.05, 0.1) is 0 Å². The monoisotopic (exact) mass is 307 g/mol. The third kappa shape index (κ3) is 2.76. The van der Waals surface area contributed by atoms with Crippen molar-refractivity contribution in [3.8, 4) is 0 Å². The Morgan fingerprint density at radius 2 is 1.79 bits per heavy atom. The Bertz CT molecular complexity index is 548. The Morgan fingerprint density at radius 1 is 1.32 bits per heavy atom. The van der Waals surface area contributed by atoms with Crippen LogP contribution in [0.2, 0.25) is 0 Å². The highest BCUT2D eigenvalue weighted by Gasteiger charge is 2.54. The van der Waals surface area contributed by atoms with Gasteiger partial charge in [-0.15, -0.1) is 0 Å². The third-order valence-corrected chi connectivity index (χ3v) is 5.43. The molecule has 0 amide bonds. The van der Waals surface area contributed by atoms with Crippen molar-refractivity contribution in [3.05, 3.63) is 29.8 Å². The Morgan fingerprint density at radius 3 is 2.05 bits per heavy atom. The maximum absolute atomic E-state index is 11.6. The smallest absolute Gasteiger partial charge is 0.480 e. The molecule has 4 N–H and O–H groups in total. The molecule has 7 nitrogen and oxygen atoms in total. The van der Waals surface area contributed by atoms with Crippen LogP contribution in [0, 0.1) is 0 Å². The average Bonchev–Trinajstić information content (AvgIpc) is 2.28. The number of hydrogen-bond acceptors (Lipinski definition) is 3. The quantitative estimate of drug-likeness (QED) is 0.594. The normalized spacial score (nSPS) is 15.7. The lowest BCUT2D eigenvalue weighted by Gasteiger charge is -2.29. The molecule has 2 unspecified atom stereocenters. The van der Waals surface area contributed by atoms with Crippen LogP contribution in [0.15, 0.2) is 24.3 Å². The first-order valence-corrected chi connectivity index (χ1v) is 8.05. The van der Waals surface area contributed by atoms with Crippen LogP contribution in [-0.4, -0.2) is 25.8 Å². The highest BCUT2D eigenvalue weighted by atomic mass is 31.2. The molecular formula is C10H13O7P2+. The van der Waals surface area contributed by atoms with Crippen LogP contribution in [0.5, 0.6) is 0 Å². The van der Waals surface area contributed by atoms with Crippen molar-refractivity contribution < 1.29 is 33.7 Å². The van der Waals surface area contributed by atoms with Gasteiger partial charge in [0.15, 0.2) is 5.16 Å². The van der Waals surface area contributed by atoms with E-state index in [1.165, 1.54) is 19.1 Å². The summed E-state index contributed by atoms with van der Waals surface area (Å²) in [6.45, 7) is 1.35. The van der Waals surface area contributed by atoms with Crippen LogP contribution in [0.4, 0.5) is 0 Å². The van der Waals surface area contributed by atoms with Crippen molar-refractivity contribution in [1.29, 1.82) is 0 Å². The standard InChI is InChI=1S/C10H12O7P2/c1-2-10(9(11)12,19(15,16)17)7-3-5-8(6-4-7)18(13)14/h3-6H,2H2,1H3,(H3-,11,12,13,14,15,16,17)/p+1. The molecule has 104 valence electrons. The number of rotatable bonds is 5. The van der Waals surface area contributed by atoms with E-state index >= 15 is 0 Å². The van der Waals surface area contributed by atoms with E-state index in [-0.39, 0.29) is 17.3 Å². The summed E-state index contributed by atoms with van der Waals surface area (Å²) >= 11 is 0. The van der Waals surface area contributed by atoms with Gasteiger partial charge in [0.25, 0.3) is 0 Å². The Hall–Kier alpha value is -1.10. The van der Waals surface area contributed by atoms with E-state index < -0.39 is 26.7 Å². The van der Waals surface area contributed by atoms with E-state index in [0.29, 0.717) is 0 Å². The highest BCUT2D eigenvalue weighted by molar-refractivity contribution is 7.54. The molecule has 19 heavy (non-hydrogen) atoms. The van der Waals surface area contributed by atoms with E-state index in [9.17, 15) is 28.8 Å². The number of carboxylic acid groups (broad SMARTS) is 1. The van der Waals surface area contributed by atoms with Gasteiger partial charge in [-0.25, -0.2) is 0 Å². The van der Waals surface area contributed by atoms with Crippen LogP contribution in [0.1, 0.15) is 18.9 Å². The maximum atomic E-state index is 11.6. The Kier molecular flexibility index (Phi) is 4.61. The molecule has 1 aromatic carbocycles. The molecule has 0 heterocycles. The van der Waals surface area contributed by atoms with E-state index in [1.807, 2.05) is 0 Å². The lowest BCUT2D eigenvalue weighted by atomic mass is 9.95. The van der Waals surface area contributed by atoms with Crippen molar-refractivity contribution in [2.75, 3.05) is 0 Å². The Balaban J connectivity index is 3.46. The lowest BCUT2D eigenvalue weighted by molar-refractivity contribution is -0.141. The zero-order valence-corrected chi connectivity index (χ0v) is 11.7. The van der Waals surface area contributed by atoms with Crippen molar-refractivity contribution in [2.45, 2.75) is 18.5 Å². The summed E-state index contributed by atoms with van der Waals surface area (Å²) in [7, 11) is -7.54. The van der Waals surface area contributed by atoms with Gasteiger partial charge in [0.1, 0.15) is 0 Å². The summed E-state index contributed by atoms with van der Waals surface area (Å²) in [6.07, 6.45) is -0.308. The first-order chi connectivity index (χ1) is 8.66. The largest absolute Gasteiger partial charge is 0.546 e. The highest BCUT2D eigenvalue weighted by Crippen LogP contribution is 2.59. The van der Waals surface area contributed by atoms with E-state index in [0.717, 1.165) is 12.1 Å². The van der Waals surface area contributed by atoms with Gasteiger partial charge in [0, 0.05) is 0 Å². The molecule has 0 saturated carbocycles. The number of benzene rings is 1. The molecule has 1 aromatic rings. The number of carboxylic acids is 1. The zero-order valence-electron chi connectivity index (χ0n) is 9.92. The van der Waals surface area contributed by atoms with Crippen molar-refractivity contribution in [3.63, 3.8) is 0 Å². The van der Waals surface area contributed by atoms with Gasteiger partial charge in [-0.1, -0.05) is 19.1 Å². The topological polar surface area (TPSA) is 132 Å². The molecule has 0 fully saturated rings. The van der Waals surface area contributed by atoms with E-state index in [1.54, 1.807) is 0 Å². The second-order valence-corrected chi connectivity index (χ2v) is 6.80. The molecule has 0 aliphatic heterocycles. The molecule has 0 bridgehead atoms. The number of hydrogen-bond donors (Lipinski definition) is 4. The average molecular weight is 307 g/mol. The number of carbonyl (C=O) groups is 1. The summed E-state index contributed by atoms with van der Waals surface area (Å²) in [6, 6.07) is 4.65. The summed E-state index contributed by atoms with van der Waals surface area (Å²) in [4.78, 5) is 38.9. The zero-order chi connectivity index (χ0) is 14.8. The molecular weight excluding hydrogens is 294 g/mol. The molecule has 9 heteroatoms. The molecule has 0 aliphatic carbocycles. The van der Waals surface area contributed by atoms with Gasteiger partial charge in [-0.3, -0.25) is 9.36 Å². The van der Waals surface area contributed by atoms with Gasteiger partial charge >= 0.3 is 21.6 Å². The third-order valence-electron chi connectivity index (χ3n) is 2.93. The fraction of sp³-hybridized carbons (Fsp3) is 0.300. The summed E-state index contributed by atoms with van der Waals surface area (Å²) in [5.41, 5.74) is -0.101. The summed E-state index contributed by atoms with van der Waals surface area (Å²) in [5, 5.41) is 6.91. The second-order valence-electron chi connectivity index (χ2n) is 3.88. The first kappa shape index (κ1) is 16.0. The molecule has 0 saturated heterocycles. The second kappa shape index (κ2) is 5.49. The lowest BCUT2D eigenvalue weighted by Crippen LogP contribution is -2.35. The van der Waals surface area contributed by atoms with E-state index in [4.69, 9.17) is 4.89 Å². The van der Waals surface area contributed by atoms with Crippen molar-refractivity contribution in [1.82, 2.24) is 0 Å². The molecule has 0 radical (unpaired) electrons. The van der Waals surface area contributed by atoms with Crippen LogP contribution in [0.25, 0.3) is 0 Å². The maximum Gasteiger partial charge on any atom is 0.546 e. The van der Waals surface area contributed by atoms with Crippen molar-refractivity contribution >= 4 is 26.9 Å². The minimum absolute atomic E-state index is 0.0554. The first-order valence-electron chi connectivity index (χ1n) is 5.22. The Labute approximate surface area is 109 Å². The predicted molar refractivity (Wildman–Crippen MR) is 67.6 cm³/mol. The van der Waals surface area contributed by atoms with Crippen LogP contribution in [0.3, 0.4) is 0 Å². The van der Waals surface area contributed by atoms with Gasteiger partial charge in [0.2, 0.25) is 5.30 Å². The van der Waals surface area contributed by atoms with Gasteiger partial charge in [-0.2, -0.15) is 4.89 Å². The summed E-state index contributed by atoms with van der Waals surface area (Å²) < 4.78 is 22.4. The van der Waals surface area contributed by atoms with Crippen molar-refractivity contribution in [2.24, 2.45) is 0 Å². The number of aliphatic carboxylic acids is 1. The molecule has 0 spiro atoms. The minimum atomic E-state index is -4.96. The molecule has 2 atom stereocenters. The fourth-order valence-electron chi connectivity index (χ4n) is 1.84. The van der Waals surface area contributed by atoms with Crippen LogP contribution in [-0.2, 0) is 19.1 Å². The minimum Gasteiger partial charge on any atom is -0.480 e. The predicted octanol–water partition coefficient (Wildman–Crippen LogP) is 0.914. The molecule has 0 aliphatic rings. The van der Waals surface area contributed by atoms with Gasteiger partial charge < -0.3 is 14.9 Å². The SMILES string of the molecule is CCC(C(=O)O)(c1ccc([P+](=O)O)cc1)P(=O)(O)O.